The molecule has 1 unspecified atom stereocenters. The number of pyridine rings is 1. The van der Waals surface area contributed by atoms with Crippen LogP contribution in [0, 0.1) is 0 Å². The van der Waals surface area contributed by atoms with Gasteiger partial charge in [0.1, 0.15) is 16.5 Å². The molecule has 0 aliphatic carbocycles. The molecule has 1 aromatic carbocycles. The molecule has 3 rings (SSSR count). The number of ether oxygens (including phenoxy) is 1. The van der Waals surface area contributed by atoms with Crippen LogP contribution in [-0.2, 0) is 9.84 Å². The highest BCUT2D eigenvalue weighted by molar-refractivity contribution is 7.90. The standard InChI is InChI=1S/C17H19F2N3O3S/c1-26(23,24)15-7-4-9-20-16(15)21-12-8-10-22(11-12)13-5-2-3-6-14(13)25-17(18)19/h2-7,9,12,17H,8,10-11H2,1H3,(H,20,21). The smallest absolute Gasteiger partial charge is 0.387 e. The van der Waals surface area contributed by atoms with E-state index in [0.29, 0.717) is 31.0 Å². The first-order valence-corrected chi connectivity index (χ1v) is 9.94. The van der Waals surface area contributed by atoms with E-state index < -0.39 is 16.4 Å². The number of anilines is 2. The highest BCUT2D eigenvalue weighted by atomic mass is 32.2. The summed E-state index contributed by atoms with van der Waals surface area (Å²) in [6, 6.07) is 9.63. The number of halogens is 2. The van der Waals surface area contributed by atoms with Crippen molar-refractivity contribution in [3.63, 3.8) is 0 Å². The average molecular weight is 383 g/mol. The summed E-state index contributed by atoms with van der Waals surface area (Å²) in [7, 11) is -3.40. The largest absolute Gasteiger partial charge is 0.433 e. The van der Waals surface area contributed by atoms with Gasteiger partial charge < -0.3 is 15.0 Å². The van der Waals surface area contributed by atoms with Gasteiger partial charge in [0.2, 0.25) is 0 Å². The third-order valence-corrected chi connectivity index (χ3v) is 5.25. The van der Waals surface area contributed by atoms with Gasteiger partial charge in [-0.3, -0.25) is 0 Å². The molecule has 1 aromatic heterocycles. The first-order chi connectivity index (χ1) is 12.3. The zero-order valence-electron chi connectivity index (χ0n) is 14.1. The monoisotopic (exact) mass is 383 g/mol. The van der Waals surface area contributed by atoms with Gasteiger partial charge in [0.25, 0.3) is 0 Å². The summed E-state index contributed by atoms with van der Waals surface area (Å²) < 4.78 is 53.5. The van der Waals surface area contributed by atoms with Gasteiger partial charge in [0.05, 0.1) is 5.69 Å². The molecule has 0 bridgehead atoms. The van der Waals surface area contributed by atoms with E-state index in [9.17, 15) is 17.2 Å². The molecule has 1 saturated heterocycles. The highest BCUT2D eigenvalue weighted by Gasteiger charge is 2.27. The van der Waals surface area contributed by atoms with Crippen molar-refractivity contribution < 1.29 is 21.9 Å². The Morgan fingerprint density at radius 1 is 1.27 bits per heavy atom. The van der Waals surface area contributed by atoms with Gasteiger partial charge in [-0.1, -0.05) is 12.1 Å². The van der Waals surface area contributed by atoms with E-state index in [1.165, 1.54) is 18.3 Å². The summed E-state index contributed by atoms with van der Waals surface area (Å²) in [4.78, 5) is 6.20. The Labute approximate surface area is 150 Å². The van der Waals surface area contributed by atoms with E-state index in [1.807, 2.05) is 4.90 Å². The molecular formula is C17H19F2N3O3S. The minimum atomic E-state index is -3.40. The van der Waals surface area contributed by atoms with Crippen LogP contribution in [0.15, 0.2) is 47.5 Å². The SMILES string of the molecule is CS(=O)(=O)c1cccnc1NC1CCN(c2ccccc2OC(F)F)C1. The second kappa shape index (κ2) is 7.45. The maximum Gasteiger partial charge on any atom is 0.387 e. The third-order valence-electron chi connectivity index (χ3n) is 4.12. The summed E-state index contributed by atoms with van der Waals surface area (Å²) in [5.74, 6) is 0.428. The molecule has 0 saturated carbocycles. The molecule has 26 heavy (non-hydrogen) atoms. The molecule has 2 aromatic rings. The van der Waals surface area contributed by atoms with Crippen molar-refractivity contribution >= 4 is 21.3 Å². The van der Waals surface area contributed by atoms with Crippen molar-refractivity contribution in [1.29, 1.82) is 0 Å². The fraction of sp³-hybridized carbons (Fsp3) is 0.353. The van der Waals surface area contributed by atoms with Crippen LogP contribution in [0.4, 0.5) is 20.3 Å². The number of rotatable bonds is 6. The van der Waals surface area contributed by atoms with Gasteiger partial charge >= 0.3 is 6.61 Å². The van der Waals surface area contributed by atoms with E-state index >= 15 is 0 Å². The molecule has 0 spiro atoms. The Balaban J connectivity index is 1.75. The minimum Gasteiger partial charge on any atom is -0.433 e. The zero-order chi connectivity index (χ0) is 18.7. The molecule has 1 atom stereocenters. The van der Waals surface area contributed by atoms with Gasteiger partial charge in [-0.15, -0.1) is 0 Å². The van der Waals surface area contributed by atoms with E-state index in [2.05, 4.69) is 15.0 Å². The summed E-state index contributed by atoms with van der Waals surface area (Å²) in [5.41, 5.74) is 0.585. The molecular weight excluding hydrogens is 364 g/mol. The predicted octanol–water partition coefficient (Wildman–Crippen LogP) is 2.78. The number of aromatic nitrogens is 1. The topological polar surface area (TPSA) is 71.5 Å². The number of nitrogens with zero attached hydrogens (tertiary/aromatic N) is 2. The van der Waals surface area contributed by atoms with Gasteiger partial charge in [-0.25, -0.2) is 13.4 Å². The van der Waals surface area contributed by atoms with Gasteiger partial charge in [0, 0.05) is 31.6 Å². The predicted molar refractivity (Wildman–Crippen MR) is 94.7 cm³/mol. The van der Waals surface area contributed by atoms with Crippen LogP contribution >= 0.6 is 0 Å². The molecule has 1 aliphatic rings. The zero-order valence-corrected chi connectivity index (χ0v) is 14.9. The second-order valence-electron chi connectivity index (χ2n) is 6.04. The van der Waals surface area contributed by atoms with Crippen LogP contribution in [-0.4, -0.2) is 45.4 Å². The van der Waals surface area contributed by atoms with E-state index in [4.69, 9.17) is 0 Å². The molecule has 1 aliphatic heterocycles. The quantitative estimate of drug-likeness (QED) is 0.827. The lowest BCUT2D eigenvalue weighted by atomic mass is 10.2. The number of para-hydroxylation sites is 2. The van der Waals surface area contributed by atoms with Crippen LogP contribution in [0.3, 0.4) is 0 Å². The lowest BCUT2D eigenvalue weighted by Crippen LogP contribution is -2.27. The Bertz CT molecular complexity index is 877. The first kappa shape index (κ1) is 18.4. The van der Waals surface area contributed by atoms with Crippen molar-refractivity contribution in [2.45, 2.75) is 24.0 Å². The highest BCUT2D eigenvalue weighted by Crippen LogP contribution is 2.32. The van der Waals surface area contributed by atoms with Crippen molar-refractivity contribution in [2.24, 2.45) is 0 Å². The molecule has 1 N–H and O–H groups in total. The molecule has 0 radical (unpaired) electrons. The average Bonchev–Trinajstić information content (AvgIpc) is 3.02. The third kappa shape index (κ3) is 4.21. The van der Waals surface area contributed by atoms with Crippen molar-refractivity contribution in [1.82, 2.24) is 4.98 Å². The Hall–Kier alpha value is -2.42. The van der Waals surface area contributed by atoms with Gasteiger partial charge in [-0.2, -0.15) is 8.78 Å². The number of alkyl halides is 2. The molecule has 6 nitrogen and oxygen atoms in total. The summed E-state index contributed by atoms with van der Waals surface area (Å²) in [6.45, 7) is -1.75. The fourth-order valence-electron chi connectivity index (χ4n) is 3.00. The lowest BCUT2D eigenvalue weighted by molar-refractivity contribution is -0.0495. The number of hydrogen-bond donors (Lipinski definition) is 1. The van der Waals surface area contributed by atoms with Crippen molar-refractivity contribution in [2.75, 3.05) is 29.6 Å². The lowest BCUT2D eigenvalue weighted by Gasteiger charge is -2.22. The normalized spacial score (nSPS) is 17.5. The summed E-state index contributed by atoms with van der Waals surface area (Å²) >= 11 is 0. The van der Waals surface area contributed by atoms with E-state index in [-0.39, 0.29) is 16.7 Å². The van der Waals surface area contributed by atoms with Crippen LogP contribution < -0.4 is 15.0 Å². The van der Waals surface area contributed by atoms with Crippen molar-refractivity contribution in [3.8, 4) is 5.75 Å². The molecule has 9 heteroatoms. The van der Waals surface area contributed by atoms with Crippen LogP contribution in [0.5, 0.6) is 5.75 Å². The summed E-state index contributed by atoms with van der Waals surface area (Å²) in [6.07, 6.45) is 3.37. The molecule has 1 fully saturated rings. The van der Waals surface area contributed by atoms with Gasteiger partial charge in [0.15, 0.2) is 9.84 Å². The number of hydrogen-bond acceptors (Lipinski definition) is 6. The van der Waals surface area contributed by atoms with Crippen molar-refractivity contribution in [3.05, 3.63) is 42.6 Å². The Kier molecular flexibility index (Phi) is 5.26. The van der Waals surface area contributed by atoms with Crippen LogP contribution in [0.1, 0.15) is 6.42 Å². The first-order valence-electron chi connectivity index (χ1n) is 8.05. The maximum absolute atomic E-state index is 12.6. The molecule has 2 heterocycles. The minimum absolute atomic E-state index is 0.0648. The van der Waals surface area contributed by atoms with E-state index in [0.717, 1.165) is 6.26 Å². The van der Waals surface area contributed by atoms with Crippen LogP contribution in [0.25, 0.3) is 0 Å². The van der Waals surface area contributed by atoms with Crippen LogP contribution in [0.2, 0.25) is 0 Å². The second-order valence-corrected chi connectivity index (χ2v) is 8.03. The Morgan fingerprint density at radius 3 is 2.77 bits per heavy atom. The number of sulfone groups is 1. The molecule has 140 valence electrons. The van der Waals surface area contributed by atoms with E-state index in [1.54, 1.807) is 24.3 Å². The number of nitrogens with one attached hydrogen (secondary N) is 1. The fourth-order valence-corrected chi connectivity index (χ4v) is 3.79. The summed E-state index contributed by atoms with van der Waals surface area (Å²) in [5, 5.41) is 3.16. The Morgan fingerprint density at radius 2 is 2.04 bits per heavy atom. The number of benzene rings is 1. The maximum atomic E-state index is 12.6. The van der Waals surface area contributed by atoms with Gasteiger partial charge in [-0.05, 0) is 30.7 Å². The molecule has 0 amide bonds.